The van der Waals surface area contributed by atoms with Crippen LogP contribution in [0, 0.1) is 5.82 Å². The highest BCUT2D eigenvalue weighted by Gasteiger charge is 2.31. The normalized spacial score (nSPS) is 15.5. The van der Waals surface area contributed by atoms with Crippen LogP contribution in [0.1, 0.15) is 31.0 Å². The molecule has 1 atom stereocenters. The summed E-state index contributed by atoms with van der Waals surface area (Å²) in [5.41, 5.74) is 8.66. The molecular weight excluding hydrogens is 499 g/mol. The molecule has 5 N–H and O–H groups in total. The molecule has 0 bridgehead atoms. The quantitative estimate of drug-likeness (QED) is 0.280. The molecule has 12 heteroatoms. The van der Waals surface area contributed by atoms with Gasteiger partial charge in [-0.2, -0.15) is 10.1 Å². The largest absolute Gasteiger partial charge is 0.421 e. The minimum atomic E-state index is -0.720. The Morgan fingerprint density at radius 3 is 2.86 bits per heavy atom. The van der Waals surface area contributed by atoms with Crippen LogP contribution in [0.15, 0.2) is 69.5 Å². The van der Waals surface area contributed by atoms with Crippen molar-refractivity contribution in [3.05, 3.63) is 82.0 Å². The van der Waals surface area contributed by atoms with Gasteiger partial charge >= 0.3 is 6.01 Å². The standard InChI is InChI=1S/C25H24ClFN8O2/c1-3-35-12-14(11-30-35)10-29-23(36)19-13(2)31-24(33-21(19)15-6-4-5-7-16(15)26)34-25-32-18-9-8-17(27)20(28)22(18)37-25/h4-9,11-12,21H,3,10,28H2,1-2H3,(H,29,36)(H2,31,32,33,34). The molecule has 10 nitrogen and oxygen atoms in total. The van der Waals surface area contributed by atoms with Gasteiger partial charge in [-0.15, -0.1) is 0 Å². The summed E-state index contributed by atoms with van der Waals surface area (Å²) in [5, 5.41) is 13.7. The second-order valence-electron chi connectivity index (χ2n) is 8.41. The maximum atomic E-state index is 13.8. The predicted octanol–water partition coefficient (Wildman–Crippen LogP) is 4.12. The van der Waals surface area contributed by atoms with Crippen molar-refractivity contribution in [2.45, 2.75) is 33.0 Å². The zero-order valence-electron chi connectivity index (χ0n) is 20.0. The summed E-state index contributed by atoms with van der Waals surface area (Å²) >= 11 is 6.50. The molecule has 3 heterocycles. The molecule has 2 aromatic heterocycles. The van der Waals surface area contributed by atoms with E-state index in [-0.39, 0.29) is 29.2 Å². The number of anilines is 2. The average Bonchev–Trinajstić information content (AvgIpc) is 3.52. The fourth-order valence-corrected chi connectivity index (χ4v) is 4.29. The van der Waals surface area contributed by atoms with Crippen molar-refractivity contribution < 1.29 is 13.6 Å². The molecule has 0 fully saturated rings. The lowest BCUT2D eigenvalue weighted by Gasteiger charge is -2.27. The van der Waals surface area contributed by atoms with E-state index in [1.807, 2.05) is 25.3 Å². The van der Waals surface area contributed by atoms with Gasteiger partial charge in [0.05, 0.1) is 11.8 Å². The van der Waals surface area contributed by atoms with Crippen molar-refractivity contribution in [1.29, 1.82) is 0 Å². The number of carbonyl (C=O) groups excluding carboxylic acids is 1. The van der Waals surface area contributed by atoms with Gasteiger partial charge in [0, 0.05) is 41.1 Å². The van der Waals surface area contributed by atoms with Crippen molar-refractivity contribution in [1.82, 2.24) is 25.4 Å². The molecule has 1 aliphatic rings. The highest BCUT2D eigenvalue weighted by molar-refractivity contribution is 6.31. The number of aromatic nitrogens is 3. The number of aryl methyl sites for hydroxylation is 1. The van der Waals surface area contributed by atoms with Crippen LogP contribution in [0.2, 0.25) is 5.02 Å². The van der Waals surface area contributed by atoms with E-state index in [0.29, 0.717) is 33.9 Å². The molecule has 1 unspecified atom stereocenters. The van der Waals surface area contributed by atoms with E-state index in [9.17, 15) is 9.18 Å². The van der Waals surface area contributed by atoms with Crippen molar-refractivity contribution in [2.24, 2.45) is 4.99 Å². The number of nitrogens with two attached hydrogens (primary N) is 1. The van der Waals surface area contributed by atoms with Crippen molar-refractivity contribution in [3.8, 4) is 0 Å². The summed E-state index contributed by atoms with van der Waals surface area (Å²) in [7, 11) is 0. The van der Waals surface area contributed by atoms with Gasteiger partial charge in [-0.25, -0.2) is 9.38 Å². The molecule has 0 radical (unpaired) electrons. The topological polar surface area (TPSA) is 135 Å². The summed E-state index contributed by atoms with van der Waals surface area (Å²) in [4.78, 5) is 22.4. The number of rotatable bonds is 6. The summed E-state index contributed by atoms with van der Waals surface area (Å²) < 4.78 is 21.2. The molecule has 0 spiro atoms. The number of aliphatic imine (C=N–C) groups is 1. The van der Waals surface area contributed by atoms with E-state index in [1.165, 1.54) is 12.1 Å². The van der Waals surface area contributed by atoms with Gasteiger partial charge < -0.3 is 20.8 Å². The molecule has 1 amide bonds. The Balaban J connectivity index is 1.44. The lowest BCUT2D eigenvalue weighted by Crippen LogP contribution is -2.39. The molecule has 37 heavy (non-hydrogen) atoms. The van der Waals surface area contributed by atoms with Crippen LogP contribution in [0.25, 0.3) is 11.1 Å². The predicted molar refractivity (Wildman–Crippen MR) is 139 cm³/mol. The first-order valence-corrected chi connectivity index (χ1v) is 11.9. The Hall–Kier alpha value is -4.38. The Morgan fingerprint density at radius 2 is 2.11 bits per heavy atom. The maximum absolute atomic E-state index is 13.8. The average molecular weight is 523 g/mol. The molecule has 0 saturated carbocycles. The number of carbonyl (C=O) groups is 1. The molecule has 1 aliphatic heterocycles. The molecule has 4 aromatic rings. The summed E-state index contributed by atoms with van der Waals surface area (Å²) in [5.74, 6) is -0.626. The fraction of sp³-hybridized carbons (Fsp3) is 0.200. The van der Waals surface area contributed by atoms with Gasteiger partial charge in [-0.3, -0.25) is 14.8 Å². The molecule has 0 saturated heterocycles. The molecule has 2 aromatic carbocycles. The third-order valence-electron chi connectivity index (χ3n) is 5.92. The van der Waals surface area contributed by atoms with Gasteiger partial charge in [0.2, 0.25) is 5.96 Å². The van der Waals surface area contributed by atoms with E-state index in [4.69, 9.17) is 26.7 Å². The molecule has 5 rings (SSSR count). The van der Waals surface area contributed by atoms with Crippen LogP contribution >= 0.6 is 11.6 Å². The number of nitrogens with one attached hydrogen (secondary N) is 3. The number of hydrogen-bond donors (Lipinski definition) is 4. The lowest BCUT2D eigenvalue weighted by atomic mass is 9.95. The SMILES string of the molecule is CCn1cc(CNC(=O)C2=C(C)NC(Nc3nc4ccc(F)c(N)c4o3)=NC2c2ccccc2Cl)cn1. The van der Waals surface area contributed by atoms with Gasteiger partial charge in [0.15, 0.2) is 5.58 Å². The van der Waals surface area contributed by atoms with E-state index < -0.39 is 11.9 Å². The first-order chi connectivity index (χ1) is 17.8. The van der Waals surface area contributed by atoms with Crippen LogP contribution in [-0.4, -0.2) is 26.6 Å². The fourth-order valence-electron chi connectivity index (χ4n) is 4.05. The highest BCUT2D eigenvalue weighted by Crippen LogP contribution is 2.35. The van der Waals surface area contributed by atoms with Crippen molar-refractivity contribution in [3.63, 3.8) is 0 Å². The zero-order chi connectivity index (χ0) is 26.1. The summed E-state index contributed by atoms with van der Waals surface area (Å²) in [6.07, 6.45) is 3.60. The minimum absolute atomic E-state index is 0.0603. The number of fused-ring (bicyclic) bond motifs is 1. The van der Waals surface area contributed by atoms with E-state index >= 15 is 0 Å². The third-order valence-corrected chi connectivity index (χ3v) is 6.26. The summed E-state index contributed by atoms with van der Waals surface area (Å²) in [6.45, 7) is 4.80. The van der Waals surface area contributed by atoms with Crippen LogP contribution in [-0.2, 0) is 17.9 Å². The Kier molecular flexibility index (Phi) is 6.53. The smallest absolute Gasteiger partial charge is 0.302 e. The van der Waals surface area contributed by atoms with Crippen molar-refractivity contribution >= 4 is 46.3 Å². The van der Waals surface area contributed by atoms with Gasteiger partial charge in [-0.05, 0) is 32.0 Å². The van der Waals surface area contributed by atoms with Crippen LogP contribution < -0.4 is 21.7 Å². The second-order valence-corrected chi connectivity index (χ2v) is 8.81. The molecular formula is C25H24ClFN8O2. The Labute approximate surface area is 216 Å². The maximum Gasteiger partial charge on any atom is 0.302 e. The number of amides is 1. The second kappa shape index (κ2) is 9.94. The number of guanidine groups is 1. The van der Waals surface area contributed by atoms with Gasteiger partial charge in [0.25, 0.3) is 5.91 Å². The first kappa shape index (κ1) is 24.3. The number of halogens is 2. The Morgan fingerprint density at radius 1 is 1.30 bits per heavy atom. The third kappa shape index (κ3) is 4.85. The van der Waals surface area contributed by atoms with E-state index in [0.717, 1.165) is 12.1 Å². The number of oxazole rings is 1. The number of benzene rings is 2. The summed E-state index contributed by atoms with van der Waals surface area (Å²) in [6, 6.07) is 9.22. The first-order valence-electron chi connectivity index (χ1n) is 11.5. The van der Waals surface area contributed by atoms with E-state index in [2.05, 4.69) is 26.0 Å². The van der Waals surface area contributed by atoms with Crippen LogP contribution in [0.3, 0.4) is 0 Å². The number of hydrogen-bond acceptors (Lipinski definition) is 8. The molecule has 0 aliphatic carbocycles. The van der Waals surface area contributed by atoms with Crippen molar-refractivity contribution in [2.75, 3.05) is 11.1 Å². The van der Waals surface area contributed by atoms with Gasteiger partial charge in [-0.1, -0.05) is 29.8 Å². The monoisotopic (exact) mass is 522 g/mol. The Bertz CT molecular complexity index is 1560. The van der Waals surface area contributed by atoms with Crippen LogP contribution in [0.4, 0.5) is 16.1 Å². The minimum Gasteiger partial charge on any atom is -0.421 e. The number of nitrogens with zero attached hydrogens (tertiary/aromatic N) is 4. The lowest BCUT2D eigenvalue weighted by molar-refractivity contribution is -0.118. The molecule has 190 valence electrons. The number of allylic oxidation sites excluding steroid dienone is 1. The van der Waals surface area contributed by atoms with Crippen LogP contribution in [0.5, 0.6) is 0 Å². The van der Waals surface area contributed by atoms with Gasteiger partial charge in [0.1, 0.15) is 23.1 Å². The zero-order valence-corrected chi connectivity index (χ0v) is 20.8. The number of nitrogen functional groups attached to an aromatic ring is 1. The van der Waals surface area contributed by atoms with E-state index in [1.54, 1.807) is 29.9 Å². The highest BCUT2D eigenvalue weighted by atomic mass is 35.5.